The maximum atomic E-state index is 12.7. The fraction of sp³-hybridized carbons (Fsp3) is 0.150. The van der Waals surface area contributed by atoms with E-state index in [0.29, 0.717) is 22.1 Å². The molecule has 1 amide bonds. The van der Waals surface area contributed by atoms with E-state index in [4.69, 9.17) is 21.1 Å². The van der Waals surface area contributed by atoms with Crippen molar-refractivity contribution in [1.29, 1.82) is 0 Å². The van der Waals surface area contributed by atoms with Crippen molar-refractivity contribution in [3.63, 3.8) is 0 Å². The van der Waals surface area contributed by atoms with E-state index < -0.39 is 0 Å². The summed E-state index contributed by atoms with van der Waals surface area (Å²) in [6.45, 7) is 2.08. The average molecular weight is 354 g/mol. The van der Waals surface area contributed by atoms with E-state index in [2.05, 4.69) is 23.5 Å². The van der Waals surface area contributed by atoms with Crippen LogP contribution in [0, 0.1) is 0 Å². The molecule has 4 rings (SSSR count). The number of ether oxygens (including phenoxy) is 2. The highest BCUT2D eigenvalue weighted by Crippen LogP contribution is 2.39. The molecule has 1 unspecified atom stereocenters. The van der Waals surface area contributed by atoms with Gasteiger partial charge in [-0.3, -0.25) is 4.79 Å². The van der Waals surface area contributed by atoms with E-state index in [1.54, 1.807) is 12.1 Å². The predicted octanol–water partition coefficient (Wildman–Crippen LogP) is 4.71. The molecule has 0 radical (unpaired) electrons. The van der Waals surface area contributed by atoms with Crippen LogP contribution in [0.3, 0.4) is 0 Å². The van der Waals surface area contributed by atoms with Gasteiger partial charge in [0.2, 0.25) is 6.79 Å². The number of rotatable bonds is 3. The second kappa shape index (κ2) is 6.30. The molecule has 1 heterocycles. The van der Waals surface area contributed by atoms with Gasteiger partial charge >= 0.3 is 0 Å². The van der Waals surface area contributed by atoms with E-state index in [-0.39, 0.29) is 18.7 Å². The molecule has 1 aliphatic rings. The zero-order valence-electron chi connectivity index (χ0n) is 13.6. The van der Waals surface area contributed by atoms with Crippen LogP contribution in [-0.4, -0.2) is 12.7 Å². The molecular weight excluding hydrogens is 338 g/mol. The first-order valence-electron chi connectivity index (χ1n) is 8.01. The van der Waals surface area contributed by atoms with Crippen molar-refractivity contribution in [3.05, 3.63) is 70.7 Å². The molecule has 3 aromatic rings. The van der Waals surface area contributed by atoms with Crippen LogP contribution in [0.5, 0.6) is 11.5 Å². The van der Waals surface area contributed by atoms with Crippen LogP contribution in [0.4, 0.5) is 0 Å². The van der Waals surface area contributed by atoms with Gasteiger partial charge in [-0.25, -0.2) is 0 Å². The lowest BCUT2D eigenvalue weighted by atomic mass is 9.99. The van der Waals surface area contributed by atoms with E-state index in [1.165, 1.54) is 0 Å². The third kappa shape index (κ3) is 2.89. The van der Waals surface area contributed by atoms with Crippen LogP contribution in [0.15, 0.2) is 54.6 Å². The summed E-state index contributed by atoms with van der Waals surface area (Å²) in [5.41, 5.74) is 1.51. The van der Waals surface area contributed by atoms with E-state index in [0.717, 1.165) is 16.3 Å². The quantitative estimate of drug-likeness (QED) is 0.741. The summed E-state index contributed by atoms with van der Waals surface area (Å²) in [6.07, 6.45) is 0. The Kier molecular flexibility index (Phi) is 3.98. The summed E-state index contributed by atoms with van der Waals surface area (Å²) in [6, 6.07) is 17.3. The number of halogens is 1. The summed E-state index contributed by atoms with van der Waals surface area (Å²) in [5, 5.41) is 5.67. The van der Waals surface area contributed by atoms with Crippen LogP contribution >= 0.6 is 11.6 Å². The molecule has 0 saturated carbocycles. The largest absolute Gasteiger partial charge is 0.454 e. The predicted molar refractivity (Wildman–Crippen MR) is 97.4 cm³/mol. The second-order valence-electron chi connectivity index (χ2n) is 5.96. The molecule has 0 spiro atoms. The maximum absolute atomic E-state index is 12.7. The van der Waals surface area contributed by atoms with Gasteiger partial charge in [0, 0.05) is 5.56 Å². The minimum absolute atomic E-state index is 0.118. The summed E-state index contributed by atoms with van der Waals surface area (Å²) in [7, 11) is 0. The van der Waals surface area contributed by atoms with Crippen molar-refractivity contribution in [2.75, 3.05) is 6.79 Å². The van der Waals surface area contributed by atoms with Gasteiger partial charge in [0.1, 0.15) is 0 Å². The second-order valence-corrected chi connectivity index (χ2v) is 6.36. The van der Waals surface area contributed by atoms with Crippen LogP contribution in [0.2, 0.25) is 5.02 Å². The third-order valence-corrected chi connectivity index (χ3v) is 4.61. The van der Waals surface area contributed by atoms with Crippen molar-refractivity contribution < 1.29 is 14.3 Å². The molecule has 1 aliphatic heterocycles. The summed E-state index contributed by atoms with van der Waals surface area (Å²) in [5.74, 6) is 0.774. The van der Waals surface area contributed by atoms with Crippen LogP contribution in [0.1, 0.15) is 28.9 Å². The zero-order chi connectivity index (χ0) is 17.4. The Labute approximate surface area is 150 Å². The van der Waals surface area contributed by atoms with Crippen LogP contribution in [0.25, 0.3) is 10.8 Å². The molecule has 25 heavy (non-hydrogen) atoms. The summed E-state index contributed by atoms with van der Waals surface area (Å²) < 4.78 is 10.6. The highest BCUT2D eigenvalue weighted by molar-refractivity contribution is 6.32. The highest BCUT2D eigenvalue weighted by Gasteiger charge is 2.21. The number of carbonyl (C=O) groups excluding carboxylic acids is 1. The Bertz CT molecular complexity index is 965. The lowest BCUT2D eigenvalue weighted by Gasteiger charge is -2.17. The molecular formula is C20H16ClNO3. The number of amides is 1. The van der Waals surface area contributed by atoms with Crippen LogP contribution < -0.4 is 14.8 Å². The first-order chi connectivity index (χ1) is 12.1. The molecule has 1 N–H and O–H groups in total. The van der Waals surface area contributed by atoms with Gasteiger partial charge in [0.05, 0.1) is 11.1 Å². The van der Waals surface area contributed by atoms with Gasteiger partial charge in [-0.05, 0) is 35.4 Å². The number of benzene rings is 3. The Morgan fingerprint density at radius 2 is 1.92 bits per heavy atom. The van der Waals surface area contributed by atoms with Gasteiger partial charge in [-0.2, -0.15) is 0 Å². The van der Waals surface area contributed by atoms with E-state index in [1.807, 2.05) is 31.2 Å². The molecule has 126 valence electrons. The first-order valence-corrected chi connectivity index (χ1v) is 8.39. The van der Waals surface area contributed by atoms with Crippen molar-refractivity contribution in [3.8, 4) is 11.5 Å². The topological polar surface area (TPSA) is 47.6 Å². The number of fused-ring (bicyclic) bond motifs is 2. The van der Waals surface area contributed by atoms with Gasteiger partial charge < -0.3 is 14.8 Å². The minimum atomic E-state index is -0.208. The number of nitrogens with one attached hydrogen (secondary N) is 1. The Balaban J connectivity index is 1.61. The van der Waals surface area contributed by atoms with Crippen molar-refractivity contribution in [2.45, 2.75) is 13.0 Å². The molecule has 0 aliphatic carbocycles. The Morgan fingerprint density at radius 1 is 1.12 bits per heavy atom. The van der Waals surface area contributed by atoms with Crippen LogP contribution in [-0.2, 0) is 0 Å². The smallest absolute Gasteiger partial charge is 0.251 e. The van der Waals surface area contributed by atoms with E-state index >= 15 is 0 Å². The average Bonchev–Trinajstić information content (AvgIpc) is 3.10. The lowest BCUT2D eigenvalue weighted by molar-refractivity contribution is 0.0939. The normalized spacial score (nSPS) is 13.7. The van der Waals surface area contributed by atoms with Crippen molar-refractivity contribution in [1.82, 2.24) is 5.32 Å². The van der Waals surface area contributed by atoms with Crippen molar-refractivity contribution >= 4 is 28.3 Å². The highest BCUT2D eigenvalue weighted by atomic mass is 35.5. The van der Waals surface area contributed by atoms with Gasteiger partial charge in [0.15, 0.2) is 11.5 Å². The number of carbonyl (C=O) groups is 1. The monoisotopic (exact) mass is 353 g/mol. The molecule has 1 atom stereocenters. The van der Waals surface area contributed by atoms with E-state index in [9.17, 15) is 4.79 Å². The molecule has 0 saturated heterocycles. The number of hydrogen-bond acceptors (Lipinski definition) is 3. The molecule has 0 aromatic heterocycles. The maximum Gasteiger partial charge on any atom is 0.251 e. The zero-order valence-corrected chi connectivity index (χ0v) is 14.3. The molecule has 0 fully saturated rings. The molecule has 4 nitrogen and oxygen atoms in total. The fourth-order valence-corrected chi connectivity index (χ4v) is 3.35. The number of hydrogen-bond donors (Lipinski definition) is 1. The minimum Gasteiger partial charge on any atom is -0.454 e. The molecule has 3 aromatic carbocycles. The molecule has 0 bridgehead atoms. The SMILES string of the molecule is CC(NC(=O)c1cc(Cl)c2c(c1)OCO2)c1cccc2ccccc12. The van der Waals surface area contributed by atoms with Gasteiger partial charge in [-0.1, -0.05) is 54.1 Å². The summed E-state index contributed by atoms with van der Waals surface area (Å²) >= 11 is 6.17. The van der Waals surface area contributed by atoms with Gasteiger partial charge in [-0.15, -0.1) is 0 Å². The third-order valence-electron chi connectivity index (χ3n) is 4.33. The van der Waals surface area contributed by atoms with Gasteiger partial charge in [0.25, 0.3) is 5.91 Å². The Morgan fingerprint density at radius 3 is 2.80 bits per heavy atom. The standard InChI is InChI=1S/C20H16ClNO3/c1-12(15-8-4-6-13-5-2-3-7-16(13)15)22-20(23)14-9-17(21)19-18(10-14)24-11-25-19/h2-10,12H,11H2,1H3,(H,22,23). The van der Waals surface area contributed by atoms with Crippen molar-refractivity contribution in [2.24, 2.45) is 0 Å². The molecule has 5 heteroatoms. The Hall–Kier alpha value is -2.72. The fourth-order valence-electron chi connectivity index (χ4n) is 3.08. The first kappa shape index (κ1) is 15.8. The lowest BCUT2D eigenvalue weighted by Crippen LogP contribution is -2.26. The summed E-state index contributed by atoms with van der Waals surface area (Å²) in [4.78, 5) is 12.7.